The first-order chi connectivity index (χ1) is 15.8. The lowest BCUT2D eigenvalue weighted by molar-refractivity contribution is -0.00000289. The van der Waals surface area contributed by atoms with Crippen molar-refractivity contribution in [2.45, 2.75) is 45.6 Å². The van der Waals surface area contributed by atoms with Crippen LogP contribution < -0.4 is 0 Å². The molecule has 33 heavy (non-hydrogen) atoms. The second kappa shape index (κ2) is 12.2. The van der Waals surface area contributed by atoms with E-state index >= 15 is 0 Å². The van der Waals surface area contributed by atoms with E-state index in [1.54, 1.807) is 12.0 Å². The highest BCUT2D eigenvalue weighted by Crippen LogP contribution is 2.15. The average molecular weight is 454 g/mol. The molecule has 1 heterocycles. The molecule has 6 nitrogen and oxygen atoms in total. The number of methoxy groups -OCH3 is 1. The van der Waals surface area contributed by atoms with Crippen molar-refractivity contribution in [3.05, 3.63) is 71.8 Å². The second-order valence-electron chi connectivity index (χ2n) is 9.77. The Kier molecular flexibility index (Phi) is 9.30. The van der Waals surface area contributed by atoms with Crippen LogP contribution in [-0.2, 0) is 22.6 Å². The van der Waals surface area contributed by atoms with Gasteiger partial charge in [0.2, 0.25) is 0 Å². The van der Waals surface area contributed by atoms with Crippen LogP contribution in [-0.4, -0.2) is 78.9 Å². The summed E-state index contributed by atoms with van der Waals surface area (Å²) in [5, 5.41) is 0. The molecule has 0 N–H and O–H groups in total. The molecule has 3 rings (SSSR count). The summed E-state index contributed by atoms with van der Waals surface area (Å²) in [6.07, 6.45) is -0.132. The molecule has 1 aliphatic heterocycles. The molecule has 0 radical (unpaired) electrons. The predicted octanol–water partition coefficient (Wildman–Crippen LogP) is 4.26. The zero-order valence-corrected chi connectivity index (χ0v) is 20.6. The van der Waals surface area contributed by atoms with E-state index in [1.165, 1.54) is 11.1 Å². The molecule has 1 saturated heterocycles. The van der Waals surface area contributed by atoms with Crippen molar-refractivity contribution in [2.24, 2.45) is 0 Å². The number of carbonyl (C=O) groups is 1. The minimum absolute atomic E-state index is 0.0884. The number of benzene rings is 2. The maximum absolute atomic E-state index is 12.3. The summed E-state index contributed by atoms with van der Waals surface area (Å²) in [5.41, 5.74) is 2.14. The van der Waals surface area contributed by atoms with Crippen LogP contribution in [0.4, 0.5) is 4.79 Å². The monoisotopic (exact) mass is 453 g/mol. The number of ether oxygens (including phenoxy) is 2. The Bertz CT molecular complexity index is 789. The molecule has 0 unspecified atom stereocenters. The summed E-state index contributed by atoms with van der Waals surface area (Å²) in [6, 6.07) is 21.2. The van der Waals surface area contributed by atoms with Crippen LogP contribution in [0.1, 0.15) is 31.9 Å². The molecule has 6 heteroatoms. The Balaban J connectivity index is 1.55. The number of hydrogen-bond donors (Lipinski definition) is 0. The van der Waals surface area contributed by atoms with Gasteiger partial charge in [-0.2, -0.15) is 0 Å². The molecule has 1 fully saturated rings. The molecule has 1 aliphatic rings. The van der Waals surface area contributed by atoms with Gasteiger partial charge in [-0.15, -0.1) is 0 Å². The van der Waals surface area contributed by atoms with Gasteiger partial charge in [-0.1, -0.05) is 60.7 Å². The third-order valence-corrected chi connectivity index (χ3v) is 5.78. The van der Waals surface area contributed by atoms with Gasteiger partial charge in [-0.05, 0) is 31.9 Å². The molecule has 0 aromatic heterocycles. The smallest absolute Gasteiger partial charge is 0.410 e. The summed E-state index contributed by atoms with van der Waals surface area (Å²) in [4.78, 5) is 19.0. The lowest BCUT2D eigenvalue weighted by atomic mass is 10.1. The third-order valence-electron chi connectivity index (χ3n) is 5.78. The van der Waals surface area contributed by atoms with Crippen molar-refractivity contribution in [1.82, 2.24) is 14.7 Å². The van der Waals surface area contributed by atoms with Gasteiger partial charge in [0.25, 0.3) is 0 Å². The molecule has 0 spiro atoms. The van der Waals surface area contributed by atoms with E-state index in [-0.39, 0.29) is 12.2 Å². The van der Waals surface area contributed by atoms with Crippen LogP contribution in [0, 0.1) is 0 Å². The summed E-state index contributed by atoms with van der Waals surface area (Å²) in [5.74, 6) is 0. The van der Waals surface area contributed by atoms with E-state index in [2.05, 4.69) is 70.5 Å². The lowest BCUT2D eigenvalue weighted by Gasteiger charge is -2.37. The molecule has 2 aromatic rings. The Morgan fingerprint density at radius 3 is 1.88 bits per heavy atom. The maximum Gasteiger partial charge on any atom is 0.410 e. The van der Waals surface area contributed by atoms with E-state index in [0.717, 1.165) is 39.3 Å². The van der Waals surface area contributed by atoms with Gasteiger partial charge in [-0.25, -0.2) is 4.79 Å². The molecule has 1 atom stereocenters. The van der Waals surface area contributed by atoms with Crippen LogP contribution in [0.5, 0.6) is 0 Å². The molecule has 0 bridgehead atoms. The average Bonchev–Trinajstić information content (AvgIpc) is 2.79. The largest absolute Gasteiger partial charge is 0.444 e. The zero-order chi connectivity index (χ0) is 23.7. The summed E-state index contributed by atoms with van der Waals surface area (Å²) < 4.78 is 11.4. The first-order valence-corrected chi connectivity index (χ1v) is 11.9. The number of amides is 1. The van der Waals surface area contributed by atoms with Gasteiger partial charge in [0.15, 0.2) is 0 Å². The molecule has 0 aliphatic carbocycles. The Labute approximate surface area is 199 Å². The number of rotatable bonds is 9. The van der Waals surface area contributed by atoms with Crippen LogP contribution in [0.3, 0.4) is 0 Å². The highest BCUT2D eigenvalue weighted by Gasteiger charge is 2.27. The van der Waals surface area contributed by atoms with Crippen LogP contribution in [0.2, 0.25) is 0 Å². The van der Waals surface area contributed by atoms with E-state index in [0.29, 0.717) is 13.1 Å². The first kappa shape index (κ1) is 25.2. The van der Waals surface area contributed by atoms with Crippen molar-refractivity contribution in [3.63, 3.8) is 0 Å². The van der Waals surface area contributed by atoms with Crippen molar-refractivity contribution in [2.75, 3.05) is 46.4 Å². The fourth-order valence-corrected chi connectivity index (χ4v) is 4.09. The molecular formula is C27H39N3O3. The fraction of sp³-hybridized carbons (Fsp3) is 0.519. The summed E-state index contributed by atoms with van der Waals surface area (Å²) >= 11 is 0. The lowest BCUT2D eigenvalue weighted by Crippen LogP contribution is -2.52. The van der Waals surface area contributed by atoms with Gasteiger partial charge < -0.3 is 14.4 Å². The van der Waals surface area contributed by atoms with Crippen LogP contribution in [0.25, 0.3) is 0 Å². The summed E-state index contributed by atoms with van der Waals surface area (Å²) in [7, 11) is 1.80. The van der Waals surface area contributed by atoms with Crippen LogP contribution in [0.15, 0.2) is 60.7 Å². The highest BCUT2D eigenvalue weighted by molar-refractivity contribution is 5.68. The predicted molar refractivity (Wildman–Crippen MR) is 132 cm³/mol. The first-order valence-electron chi connectivity index (χ1n) is 11.9. The summed E-state index contributed by atoms with van der Waals surface area (Å²) in [6.45, 7) is 12.2. The maximum atomic E-state index is 12.3. The number of carbonyl (C=O) groups excluding carboxylic acids is 1. The number of hydrogen-bond acceptors (Lipinski definition) is 5. The van der Waals surface area contributed by atoms with Crippen LogP contribution >= 0.6 is 0 Å². The zero-order valence-electron chi connectivity index (χ0n) is 20.6. The van der Waals surface area contributed by atoms with Gasteiger partial charge >= 0.3 is 6.09 Å². The molecule has 1 amide bonds. The Hall–Kier alpha value is -2.41. The van der Waals surface area contributed by atoms with Gasteiger partial charge in [-0.3, -0.25) is 9.80 Å². The van der Waals surface area contributed by atoms with E-state index in [9.17, 15) is 4.79 Å². The minimum atomic E-state index is -0.462. The van der Waals surface area contributed by atoms with E-state index in [4.69, 9.17) is 9.47 Å². The third kappa shape index (κ3) is 8.80. The Morgan fingerprint density at radius 2 is 1.42 bits per heavy atom. The number of nitrogens with zero attached hydrogens (tertiary/aromatic N) is 3. The normalized spacial score (nSPS) is 16.1. The number of piperazine rings is 1. The highest BCUT2D eigenvalue weighted by atomic mass is 16.6. The van der Waals surface area contributed by atoms with Crippen molar-refractivity contribution in [3.8, 4) is 0 Å². The quantitative estimate of drug-likeness (QED) is 0.568. The van der Waals surface area contributed by atoms with Crippen molar-refractivity contribution in [1.29, 1.82) is 0 Å². The van der Waals surface area contributed by atoms with Gasteiger partial charge in [0.1, 0.15) is 5.60 Å². The van der Waals surface area contributed by atoms with Crippen molar-refractivity contribution < 1.29 is 14.3 Å². The molecule has 2 aromatic carbocycles. The van der Waals surface area contributed by atoms with Gasteiger partial charge in [0.05, 0.1) is 6.10 Å². The second-order valence-corrected chi connectivity index (χ2v) is 9.77. The fourth-order valence-electron chi connectivity index (χ4n) is 4.09. The molecule has 180 valence electrons. The topological polar surface area (TPSA) is 45.3 Å². The SMILES string of the molecule is CO[C@@H](CN1CCN(C(=O)OC(C)(C)C)CC1)CN(Cc1ccccc1)Cc1ccccc1. The van der Waals surface area contributed by atoms with Crippen molar-refractivity contribution >= 4 is 6.09 Å². The molecule has 0 saturated carbocycles. The Morgan fingerprint density at radius 1 is 0.909 bits per heavy atom. The van der Waals surface area contributed by atoms with Gasteiger partial charge in [0, 0.05) is 59.5 Å². The van der Waals surface area contributed by atoms with E-state index < -0.39 is 5.60 Å². The van der Waals surface area contributed by atoms with E-state index in [1.807, 2.05) is 20.8 Å². The minimum Gasteiger partial charge on any atom is -0.444 e. The molecular weight excluding hydrogens is 414 g/mol. The standard InChI is InChI=1S/C27H39N3O3/c1-27(2,3)33-26(31)30-17-15-28(16-18-30)21-25(32-4)22-29(19-23-11-7-5-8-12-23)20-24-13-9-6-10-14-24/h5-14,25H,15-22H2,1-4H3/t25-/m0/s1.